The normalized spacial score (nSPS) is 23.7. The van der Waals surface area contributed by atoms with Crippen LogP contribution >= 0.6 is 11.6 Å². The Labute approximate surface area is 113 Å². The van der Waals surface area contributed by atoms with Gasteiger partial charge in [0.25, 0.3) is 0 Å². The Kier molecular flexibility index (Phi) is 4.25. The highest BCUT2D eigenvalue weighted by Crippen LogP contribution is 2.28. The molecule has 3 N–H and O–H groups in total. The molecule has 2 unspecified atom stereocenters. The van der Waals surface area contributed by atoms with E-state index in [1.807, 2.05) is 19.1 Å². The summed E-state index contributed by atoms with van der Waals surface area (Å²) in [5.74, 6) is 0.0609. The van der Waals surface area contributed by atoms with Crippen molar-refractivity contribution < 1.29 is 4.79 Å². The molecule has 2 atom stereocenters. The summed E-state index contributed by atoms with van der Waals surface area (Å²) in [6.07, 6.45) is 3.74. The number of benzene rings is 1. The van der Waals surface area contributed by atoms with Crippen LogP contribution in [0.25, 0.3) is 0 Å². The van der Waals surface area contributed by atoms with E-state index in [1.54, 1.807) is 6.07 Å². The Morgan fingerprint density at radius 3 is 2.89 bits per heavy atom. The Hall–Kier alpha value is -1.06. The lowest BCUT2D eigenvalue weighted by molar-refractivity contribution is -0.120. The largest absolute Gasteiger partial charge is 0.328 e. The van der Waals surface area contributed by atoms with Gasteiger partial charge >= 0.3 is 0 Å². The number of anilines is 1. The summed E-state index contributed by atoms with van der Waals surface area (Å²) >= 11 is 6.10. The second kappa shape index (κ2) is 5.72. The van der Waals surface area contributed by atoms with Gasteiger partial charge in [-0.05, 0) is 37.8 Å². The predicted octanol–water partition coefficient (Wildman–Crippen LogP) is 3.10. The number of nitrogens with one attached hydrogen (secondary N) is 1. The van der Waals surface area contributed by atoms with E-state index < -0.39 is 0 Å². The summed E-state index contributed by atoms with van der Waals surface area (Å²) in [6.45, 7) is 1.94. The third kappa shape index (κ3) is 3.03. The smallest absolute Gasteiger partial charge is 0.227 e. The molecule has 98 valence electrons. The van der Waals surface area contributed by atoms with E-state index in [-0.39, 0.29) is 17.9 Å². The maximum absolute atomic E-state index is 12.2. The summed E-state index contributed by atoms with van der Waals surface area (Å²) < 4.78 is 0. The molecule has 3 nitrogen and oxygen atoms in total. The highest BCUT2D eigenvalue weighted by Gasteiger charge is 2.25. The molecule has 1 aliphatic carbocycles. The fourth-order valence-corrected chi connectivity index (χ4v) is 2.75. The Bertz CT molecular complexity index is 427. The summed E-state index contributed by atoms with van der Waals surface area (Å²) in [5.41, 5.74) is 7.62. The first-order valence-electron chi connectivity index (χ1n) is 6.39. The summed E-state index contributed by atoms with van der Waals surface area (Å²) in [5, 5.41) is 3.53. The van der Waals surface area contributed by atoms with E-state index >= 15 is 0 Å². The number of carbonyl (C=O) groups excluding carboxylic acids is 1. The monoisotopic (exact) mass is 266 g/mol. The zero-order valence-electron chi connectivity index (χ0n) is 10.6. The minimum atomic E-state index is 0.0180. The topological polar surface area (TPSA) is 55.1 Å². The maximum Gasteiger partial charge on any atom is 0.227 e. The van der Waals surface area contributed by atoms with E-state index in [0.29, 0.717) is 5.02 Å². The molecule has 0 radical (unpaired) electrons. The third-order valence-corrected chi connectivity index (χ3v) is 3.87. The molecule has 2 rings (SSSR count). The van der Waals surface area contributed by atoms with Gasteiger partial charge in [0.05, 0.1) is 10.7 Å². The van der Waals surface area contributed by atoms with Crippen molar-refractivity contribution in [3.63, 3.8) is 0 Å². The highest BCUT2D eigenvalue weighted by atomic mass is 35.5. The molecule has 1 aromatic rings. The van der Waals surface area contributed by atoms with Crippen molar-refractivity contribution in [2.24, 2.45) is 11.7 Å². The molecule has 1 aliphatic rings. The number of nitrogens with two attached hydrogens (primary N) is 1. The van der Waals surface area contributed by atoms with Crippen LogP contribution in [0.4, 0.5) is 5.69 Å². The van der Waals surface area contributed by atoms with E-state index in [4.69, 9.17) is 17.3 Å². The standard InChI is InChI=1S/C14H19ClN2O/c1-9-4-2-7-12(15)13(9)17-14(18)10-5-3-6-11(16)8-10/h2,4,7,10-11H,3,5-6,8,16H2,1H3,(H,17,18). The predicted molar refractivity (Wildman–Crippen MR) is 74.8 cm³/mol. The van der Waals surface area contributed by atoms with Gasteiger partial charge in [-0.15, -0.1) is 0 Å². The van der Waals surface area contributed by atoms with Gasteiger partial charge in [-0.3, -0.25) is 4.79 Å². The molecule has 1 amide bonds. The van der Waals surface area contributed by atoms with Crippen LogP contribution in [0.5, 0.6) is 0 Å². The SMILES string of the molecule is Cc1cccc(Cl)c1NC(=O)C1CCCC(N)C1. The lowest BCUT2D eigenvalue weighted by Gasteiger charge is -2.26. The van der Waals surface area contributed by atoms with Crippen LogP contribution in [-0.4, -0.2) is 11.9 Å². The number of carbonyl (C=O) groups is 1. The van der Waals surface area contributed by atoms with Crippen molar-refractivity contribution in [3.8, 4) is 0 Å². The van der Waals surface area contributed by atoms with E-state index in [9.17, 15) is 4.79 Å². The number of rotatable bonds is 2. The fraction of sp³-hybridized carbons (Fsp3) is 0.500. The average molecular weight is 267 g/mol. The first-order chi connectivity index (χ1) is 8.58. The highest BCUT2D eigenvalue weighted by molar-refractivity contribution is 6.33. The molecule has 4 heteroatoms. The fourth-order valence-electron chi connectivity index (χ4n) is 2.48. The maximum atomic E-state index is 12.2. The molecule has 0 aliphatic heterocycles. The number of aryl methyl sites for hydroxylation is 1. The molecule has 0 heterocycles. The summed E-state index contributed by atoms with van der Waals surface area (Å²) in [4.78, 5) is 12.2. The molecule has 0 saturated heterocycles. The molecule has 1 aromatic carbocycles. The van der Waals surface area contributed by atoms with Crippen LogP contribution in [0, 0.1) is 12.8 Å². The van der Waals surface area contributed by atoms with Gasteiger partial charge in [-0.25, -0.2) is 0 Å². The number of hydrogen-bond acceptors (Lipinski definition) is 2. The van der Waals surface area contributed by atoms with Crippen LogP contribution in [0.3, 0.4) is 0 Å². The molecule has 1 saturated carbocycles. The van der Waals surface area contributed by atoms with Crippen molar-refractivity contribution in [1.82, 2.24) is 0 Å². The van der Waals surface area contributed by atoms with Crippen molar-refractivity contribution in [1.29, 1.82) is 0 Å². The summed E-state index contributed by atoms with van der Waals surface area (Å²) in [7, 11) is 0. The molecule has 18 heavy (non-hydrogen) atoms. The summed E-state index contributed by atoms with van der Waals surface area (Å²) in [6, 6.07) is 5.76. The first-order valence-corrected chi connectivity index (χ1v) is 6.77. The minimum Gasteiger partial charge on any atom is -0.328 e. The van der Waals surface area contributed by atoms with Gasteiger partial charge in [-0.2, -0.15) is 0 Å². The molecular formula is C14H19ClN2O. The second-order valence-electron chi connectivity index (χ2n) is 5.04. The van der Waals surface area contributed by atoms with Crippen LogP contribution in [-0.2, 0) is 4.79 Å². The minimum absolute atomic E-state index is 0.0180. The lowest BCUT2D eigenvalue weighted by atomic mass is 9.85. The number of halogens is 1. The van der Waals surface area contributed by atoms with Crippen molar-refractivity contribution in [3.05, 3.63) is 28.8 Å². The molecule has 0 aromatic heterocycles. The van der Waals surface area contributed by atoms with Crippen molar-refractivity contribution in [2.75, 3.05) is 5.32 Å². The Balaban J connectivity index is 2.07. The molecule has 0 bridgehead atoms. The van der Waals surface area contributed by atoms with Crippen molar-refractivity contribution >= 4 is 23.2 Å². The van der Waals surface area contributed by atoms with Gasteiger partial charge in [0.1, 0.15) is 0 Å². The Morgan fingerprint density at radius 2 is 2.22 bits per heavy atom. The quantitative estimate of drug-likeness (QED) is 0.864. The van der Waals surface area contributed by atoms with Crippen LogP contribution in [0.15, 0.2) is 18.2 Å². The van der Waals surface area contributed by atoms with Gasteiger partial charge in [-0.1, -0.05) is 30.2 Å². The number of amides is 1. The van der Waals surface area contributed by atoms with Gasteiger partial charge < -0.3 is 11.1 Å². The molecular weight excluding hydrogens is 248 g/mol. The third-order valence-electron chi connectivity index (χ3n) is 3.56. The lowest BCUT2D eigenvalue weighted by Crippen LogP contribution is -2.34. The van der Waals surface area contributed by atoms with Gasteiger partial charge in [0.15, 0.2) is 0 Å². The molecule has 1 fully saturated rings. The van der Waals surface area contributed by atoms with Gasteiger partial charge in [0.2, 0.25) is 5.91 Å². The van der Waals surface area contributed by atoms with Crippen LogP contribution in [0.1, 0.15) is 31.2 Å². The van der Waals surface area contributed by atoms with Crippen LogP contribution < -0.4 is 11.1 Å². The zero-order valence-corrected chi connectivity index (χ0v) is 11.3. The Morgan fingerprint density at radius 1 is 1.44 bits per heavy atom. The van der Waals surface area contributed by atoms with E-state index in [1.165, 1.54) is 0 Å². The average Bonchev–Trinajstić information content (AvgIpc) is 2.34. The first kappa shape index (κ1) is 13.4. The second-order valence-corrected chi connectivity index (χ2v) is 5.45. The number of para-hydroxylation sites is 1. The molecule has 0 spiro atoms. The van der Waals surface area contributed by atoms with Gasteiger partial charge in [0, 0.05) is 12.0 Å². The van der Waals surface area contributed by atoms with Crippen molar-refractivity contribution in [2.45, 2.75) is 38.6 Å². The van der Waals surface area contributed by atoms with E-state index in [0.717, 1.165) is 36.9 Å². The van der Waals surface area contributed by atoms with E-state index in [2.05, 4.69) is 5.32 Å². The van der Waals surface area contributed by atoms with Crippen LogP contribution in [0.2, 0.25) is 5.02 Å². The number of hydrogen-bond donors (Lipinski definition) is 2. The zero-order chi connectivity index (χ0) is 13.1.